The first kappa shape index (κ1) is 19.8. The Kier molecular flexibility index (Phi) is 4.98. The fourth-order valence-electron chi connectivity index (χ4n) is 4.77. The number of carbonyl (C=O) groups excluding carboxylic acids is 3. The molecule has 0 spiro atoms. The standard InChI is InChI=1S/C24H26N4O3/c1-25-11-15-2-4-16(5-3-15)18-12-27(13-18)19-6-7-20-17(10-19)14-28(24(20)31)21-8-9-22(29)26-23(21)30/h2-7,10,18,21,25H,8-9,11-14H2,1H3,(H,26,29,30). The fourth-order valence-corrected chi connectivity index (χ4v) is 4.77. The molecule has 160 valence electrons. The number of hydrogen-bond acceptors (Lipinski definition) is 5. The van der Waals surface area contributed by atoms with E-state index in [-0.39, 0.29) is 24.1 Å². The van der Waals surface area contributed by atoms with Crippen LogP contribution in [-0.2, 0) is 22.7 Å². The van der Waals surface area contributed by atoms with E-state index in [1.54, 1.807) is 4.90 Å². The minimum Gasteiger partial charge on any atom is -0.370 e. The molecule has 3 aliphatic rings. The van der Waals surface area contributed by atoms with E-state index in [0.29, 0.717) is 24.4 Å². The van der Waals surface area contributed by atoms with E-state index in [4.69, 9.17) is 0 Å². The number of piperidine rings is 1. The van der Waals surface area contributed by atoms with E-state index < -0.39 is 6.04 Å². The van der Waals surface area contributed by atoms with E-state index >= 15 is 0 Å². The molecule has 7 nitrogen and oxygen atoms in total. The number of carbonyl (C=O) groups is 3. The predicted molar refractivity (Wildman–Crippen MR) is 117 cm³/mol. The molecule has 31 heavy (non-hydrogen) atoms. The van der Waals surface area contributed by atoms with Crippen molar-refractivity contribution < 1.29 is 14.4 Å². The molecule has 2 aromatic rings. The summed E-state index contributed by atoms with van der Waals surface area (Å²) in [6.45, 7) is 3.20. The number of anilines is 1. The van der Waals surface area contributed by atoms with Crippen LogP contribution >= 0.6 is 0 Å². The Labute approximate surface area is 181 Å². The molecule has 2 N–H and O–H groups in total. The first-order valence-electron chi connectivity index (χ1n) is 10.8. The van der Waals surface area contributed by atoms with E-state index in [0.717, 1.165) is 30.9 Å². The van der Waals surface area contributed by atoms with Crippen LogP contribution in [0.2, 0.25) is 0 Å². The summed E-state index contributed by atoms with van der Waals surface area (Å²) >= 11 is 0. The summed E-state index contributed by atoms with van der Waals surface area (Å²) in [5, 5.41) is 5.52. The van der Waals surface area contributed by atoms with Crippen LogP contribution in [0, 0.1) is 0 Å². The van der Waals surface area contributed by atoms with Gasteiger partial charge in [-0.05, 0) is 48.4 Å². The molecule has 2 saturated heterocycles. The lowest BCUT2D eigenvalue weighted by molar-refractivity contribution is -0.136. The van der Waals surface area contributed by atoms with Gasteiger partial charge in [0.05, 0.1) is 0 Å². The van der Waals surface area contributed by atoms with Gasteiger partial charge in [-0.15, -0.1) is 0 Å². The number of nitrogens with one attached hydrogen (secondary N) is 2. The first-order valence-corrected chi connectivity index (χ1v) is 10.8. The Morgan fingerprint density at radius 3 is 2.55 bits per heavy atom. The maximum Gasteiger partial charge on any atom is 0.255 e. The normalized spacial score (nSPS) is 21.2. The van der Waals surface area contributed by atoms with Gasteiger partial charge in [0.2, 0.25) is 11.8 Å². The van der Waals surface area contributed by atoms with Crippen molar-refractivity contribution >= 4 is 23.4 Å². The SMILES string of the molecule is CNCc1ccc(C2CN(c3ccc4c(c3)CN(C3CCC(=O)NC3=O)C4=O)C2)cc1. The Bertz CT molecular complexity index is 1040. The van der Waals surface area contributed by atoms with Crippen molar-refractivity contribution in [1.82, 2.24) is 15.5 Å². The molecule has 3 heterocycles. The smallest absolute Gasteiger partial charge is 0.255 e. The zero-order valence-electron chi connectivity index (χ0n) is 17.6. The lowest BCUT2D eigenvalue weighted by Gasteiger charge is -2.41. The summed E-state index contributed by atoms with van der Waals surface area (Å²) in [6.07, 6.45) is 0.658. The highest BCUT2D eigenvalue weighted by Gasteiger charge is 2.39. The minimum atomic E-state index is -0.569. The Balaban J connectivity index is 1.25. The third kappa shape index (κ3) is 3.59. The van der Waals surface area contributed by atoms with Crippen LogP contribution in [0.4, 0.5) is 5.69 Å². The summed E-state index contributed by atoms with van der Waals surface area (Å²) in [4.78, 5) is 40.4. The van der Waals surface area contributed by atoms with Gasteiger partial charge in [-0.1, -0.05) is 24.3 Å². The minimum absolute atomic E-state index is 0.126. The maximum absolute atomic E-state index is 12.8. The van der Waals surface area contributed by atoms with Crippen molar-refractivity contribution in [3.05, 3.63) is 64.7 Å². The van der Waals surface area contributed by atoms with Gasteiger partial charge in [0.25, 0.3) is 5.91 Å². The molecular formula is C24H26N4O3. The highest BCUT2D eigenvalue weighted by molar-refractivity contribution is 6.05. The summed E-state index contributed by atoms with van der Waals surface area (Å²) in [5.74, 6) is -0.252. The van der Waals surface area contributed by atoms with Crippen LogP contribution in [0.1, 0.15) is 45.8 Å². The van der Waals surface area contributed by atoms with Crippen molar-refractivity contribution in [2.24, 2.45) is 0 Å². The van der Waals surface area contributed by atoms with Crippen molar-refractivity contribution in [3.8, 4) is 0 Å². The Morgan fingerprint density at radius 2 is 1.84 bits per heavy atom. The first-order chi connectivity index (χ1) is 15.0. The fraction of sp³-hybridized carbons (Fsp3) is 0.375. The number of fused-ring (bicyclic) bond motifs is 1. The number of imide groups is 1. The average Bonchev–Trinajstić information content (AvgIpc) is 3.04. The molecule has 1 unspecified atom stereocenters. The number of hydrogen-bond donors (Lipinski definition) is 2. The van der Waals surface area contributed by atoms with Gasteiger partial charge in [-0.3, -0.25) is 19.7 Å². The van der Waals surface area contributed by atoms with Crippen molar-refractivity contribution in [2.75, 3.05) is 25.0 Å². The number of nitrogens with zero attached hydrogens (tertiary/aromatic N) is 2. The average molecular weight is 418 g/mol. The largest absolute Gasteiger partial charge is 0.370 e. The van der Waals surface area contributed by atoms with Gasteiger partial charge in [0.1, 0.15) is 6.04 Å². The van der Waals surface area contributed by atoms with Gasteiger partial charge in [-0.2, -0.15) is 0 Å². The highest BCUT2D eigenvalue weighted by atomic mass is 16.2. The van der Waals surface area contributed by atoms with Crippen molar-refractivity contribution in [2.45, 2.75) is 37.9 Å². The summed E-state index contributed by atoms with van der Waals surface area (Å²) < 4.78 is 0. The number of amides is 3. The molecule has 3 aliphatic heterocycles. The van der Waals surface area contributed by atoms with Gasteiger partial charge in [-0.25, -0.2) is 0 Å². The molecule has 1 atom stereocenters. The third-order valence-electron chi connectivity index (χ3n) is 6.59. The zero-order chi connectivity index (χ0) is 21.5. The lowest BCUT2D eigenvalue weighted by atomic mass is 9.90. The predicted octanol–water partition coefficient (Wildman–Crippen LogP) is 1.77. The summed E-state index contributed by atoms with van der Waals surface area (Å²) in [5.41, 5.74) is 5.36. The highest BCUT2D eigenvalue weighted by Crippen LogP contribution is 2.35. The second-order valence-electron chi connectivity index (χ2n) is 8.62. The van der Waals surface area contributed by atoms with Crippen LogP contribution in [0.15, 0.2) is 42.5 Å². The van der Waals surface area contributed by atoms with E-state index in [9.17, 15) is 14.4 Å². The molecule has 0 aromatic heterocycles. The molecule has 0 saturated carbocycles. The summed E-state index contributed by atoms with van der Waals surface area (Å²) in [6, 6.07) is 14.2. The van der Waals surface area contributed by atoms with E-state index in [1.807, 2.05) is 19.2 Å². The van der Waals surface area contributed by atoms with Crippen LogP contribution in [0.3, 0.4) is 0 Å². The number of benzene rings is 2. The van der Waals surface area contributed by atoms with Crippen LogP contribution in [0.5, 0.6) is 0 Å². The molecule has 7 heteroatoms. The Morgan fingerprint density at radius 1 is 1.06 bits per heavy atom. The van der Waals surface area contributed by atoms with E-state index in [2.05, 4.69) is 45.9 Å². The van der Waals surface area contributed by atoms with Gasteiger partial charge >= 0.3 is 0 Å². The molecule has 0 aliphatic carbocycles. The van der Waals surface area contributed by atoms with Gasteiger partial charge in [0, 0.05) is 49.8 Å². The van der Waals surface area contributed by atoms with Crippen LogP contribution in [0.25, 0.3) is 0 Å². The monoisotopic (exact) mass is 418 g/mol. The molecule has 3 amide bonds. The van der Waals surface area contributed by atoms with Gasteiger partial charge in [0.15, 0.2) is 0 Å². The Hall–Kier alpha value is -3.19. The molecule has 2 fully saturated rings. The van der Waals surface area contributed by atoms with Crippen molar-refractivity contribution in [1.29, 1.82) is 0 Å². The molecule has 5 rings (SSSR count). The zero-order valence-corrected chi connectivity index (χ0v) is 17.6. The number of rotatable bonds is 5. The summed E-state index contributed by atoms with van der Waals surface area (Å²) in [7, 11) is 1.95. The van der Waals surface area contributed by atoms with Crippen LogP contribution < -0.4 is 15.5 Å². The third-order valence-corrected chi connectivity index (χ3v) is 6.59. The maximum atomic E-state index is 12.8. The quantitative estimate of drug-likeness (QED) is 0.724. The molecule has 0 radical (unpaired) electrons. The van der Waals surface area contributed by atoms with Gasteiger partial charge < -0.3 is 15.1 Å². The second-order valence-corrected chi connectivity index (χ2v) is 8.62. The van der Waals surface area contributed by atoms with Crippen LogP contribution in [-0.4, -0.2) is 48.8 Å². The lowest BCUT2D eigenvalue weighted by Crippen LogP contribution is -2.52. The molecule has 2 aromatic carbocycles. The molecular weight excluding hydrogens is 392 g/mol. The second kappa shape index (κ2) is 7.81. The van der Waals surface area contributed by atoms with E-state index in [1.165, 1.54) is 11.1 Å². The molecule has 0 bridgehead atoms. The topological polar surface area (TPSA) is 81.8 Å². The van der Waals surface area contributed by atoms with Crippen molar-refractivity contribution in [3.63, 3.8) is 0 Å².